The van der Waals surface area contributed by atoms with Crippen LogP contribution in [0.3, 0.4) is 0 Å². The van der Waals surface area contributed by atoms with Gasteiger partial charge in [-0.25, -0.2) is 0 Å². The van der Waals surface area contributed by atoms with Gasteiger partial charge in [0, 0.05) is 45.9 Å². The SMILES string of the molecule is COCc1ccc(C(CN)N2CCN(C)CC2)cc1. The summed E-state index contributed by atoms with van der Waals surface area (Å²) in [6.07, 6.45) is 0. The minimum absolute atomic E-state index is 0.338. The Morgan fingerprint density at radius 1 is 1.16 bits per heavy atom. The molecule has 2 rings (SSSR count). The Morgan fingerprint density at radius 3 is 2.32 bits per heavy atom. The first-order valence-corrected chi connectivity index (χ1v) is 6.95. The lowest BCUT2D eigenvalue weighted by Gasteiger charge is -2.37. The van der Waals surface area contributed by atoms with Crippen LogP contribution in [-0.2, 0) is 11.3 Å². The molecule has 1 aromatic rings. The molecule has 19 heavy (non-hydrogen) atoms. The third-order valence-corrected chi connectivity index (χ3v) is 3.88. The van der Waals surface area contributed by atoms with E-state index in [1.165, 1.54) is 11.1 Å². The molecule has 1 aromatic carbocycles. The molecule has 2 N–H and O–H groups in total. The largest absolute Gasteiger partial charge is 0.380 e. The minimum atomic E-state index is 0.338. The van der Waals surface area contributed by atoms with Crippen molar-refractivity contribution in [2.75, 3.05) is 46.9 Å². The Morgan fingerprint density at radius 2 is 1.79 bits per heavy atom. The maximum Gasteiger partial charge on any atom is 0.0713 e. The van der Waals surface area contributed by atoms with Crippen LogP contribution in [0, 0.1) is 0 Å². The van der Waals surface area contributed by atoms with Gasteiger partial charge in [-0.15, -0.1) is 0 Å². The molecular formula is C15H25N3O. The van der Waals surface area contributed by atoms with Gasteiger partial charge in [0.2, 0.25) is 0 Å². The molecule has 1 atom stereocenters. The molecule has 0 aliphatic carbocycles. The van der Waals surface area contributed by atoms with Gasteiger partial charge in [0.15, 0.2) is 0 Å². The van der Waals surface area contributed by atoms with Gasteiger partial charge in [-0.2, -0.15) is 0 Å². The van der Waals surface area contributed by atoms with Crippen LogP contribution in [0.15, 0.2) is 24.3 Å². The van der Waals surface area contributed by atoms with Crippen LogP contribution >= 0.6 is 0 Å². The fourth-order valence-corrected chi connectivity index (χ4v) is 2.63. The van der Waals surface area contributed by atoms with Crippen molar-refractivity contribution in [2.45, 2.75) is 12.6 Å². The van der Waals surface area contributed by atoms with Gasteiger partial charge in [0.1, 0.15) is 0 Å². The van der Waals surface area contributed by atoms with Crippen molar-refractivity contribution in [1.29, 1.82) is 0 Å². The summed E-state index contributed by atoms with van der Waals surface area (Å²) in [6.45, 7) is 5.78. The van der Waals surface area contributed by atoms with E-state index in [9.17, 15) is 0 Å². The molecule has 4 heteroatoms. The molecule has 0 radical (unpaired) electrons. The van der Waals surface area contributed by atoms with Crippen molar-refractivity contribution in [1.82, 2.24) is 9.80 Å². The molecule has 1 unspecified atom stereocenters. The van der Waals surface area contributed by atoms with E-state index in [-0.39, 0.29) is 0 Å². The van der Waals surface area contributed by atoms with E-state index in [1.54, 1.807) is 7.11 Å². The van der Waals surface area contributed by atoms with E-state index in [1.807, 2.05) is 0 Å². The molecular weight excluding hydrogens is 238 g/mol. The topological polar surface area (TPSA) is 41.7 Å². The lowest BCUT2D eigenvalue weighted by molar-refractivity contribution is 0.114. The van der Waals surface area contributed by atoms with Gasteiger partial charge in [-0.05, 0) is 18.2 Å². The second-order valence-electron chi connectivity index (χ2n) is 5.27. The molecule has 4 nitrogen and oxygen atoms in total. The quantitative estimate of drug-likeness (QED) is 0.863. The molecule has 0 bridgehead atoms. The van der Waals surface area contributed by atoms with E-state index in [0.29, 0.717) is 19.2 Å². The summed E-state index contributed by atoms with van der Waals surface area (Å²) in [5, 5.41) is 0. The highest BCUT2D eigenvalue weighted by Crippen LogP contribution is 2.21. The molecule has 1 heterocycles. The molecule has 1 aliphatic rings. The van der Waals surface area contributed by atoms with Crippen LogP contribution in [-0.4, -0.2) is 56.7 Å². The van der Waals surface area contributed by atoms with Crippen LogP contribution in [0.1, 0.15) is 17.2 Å². The molecule has 1 saturated heterocycles. The number of hydrogen-bond acceptors (Lipinski definition) is 4. The molecule has 106 valence electrons. The average Bonchev–Trinajstić information content (AvgIpc) is 2.44. The van der Waals surface area contributed by atoms with Crippen molar-refractivity contribution in [2.24, 2.45) is 5.73 Å². The van der Waals surface area contributed by atoms with Crippen molar-refractivity contribution in [3.8, 4) is 0 Å². The third-order valence-electron chi connectivity index (χ3n) is 3.88. The van der Waals surface area contributed by atoms with Crippen LogP contribution in [0.2, 0.25) is 0 Å². The molecule has 1 aliphatic heterocycles. The van der Waals surface area contributed by atoms with Gasteiger partial charge in [-0.3, -0.25) is 4.90 Å². The zero-order chi connectivity index (χ0) is 13.7. The molecule has 0 spiro atoms. The lowest BCUT2D eigenvalue weighted by Crippen LogP contribution is -2.47. The molecule has 0 amide bonds. The number of piperazine rings is 1. The number of nitrogens with zero attached hydrogens (tertiary/aromatic N) is 2. The Kier molecular flexibility index (Phi) is 5.34. The summed E-state index contributed by atoms with van der Waals surface area (Å²) >= 11 is 0. The summed E-state index contributed by atoms with van der Waals surface area (Å²) in [4.78, 5) is 4.86. The van der Waals surface area contributed by atoms with Crippen LogP contribution in [0.4, 0.5) is 0 Å². The predicted molar refractivity (Wildman–Crippen MR) is 78.0 cm³/mol. The van der Waals surface area contributed by atoms with Crippen LogP contribution in [0.5, 0.6) is 0 Å². The highest BCUT2D eigenvalue weighted by Gasteiger charge is 2.22. The number of rotatable bonds is 5. The van der Waals surface area contributed by atoms with Gasteiger partial charge >= 0.3 is 0 Å². The molecule has 1 fully saturated rings. The van der Waals surface area contributed by atoms with E-state index >= 15 is 0 Å². The van der Waals surface area contributed by atoms with E-state index in [4.69, 9.17) is 10.5 Å². The van der Waals surface area contributed by atoms with Crippen molar-refractivity contribution in [3.63, 3.8) is 0 Å². The minimum Gasteiger partial charge on any atom is -0.380 e. The first-order chi connectivity index (χ1) is 9.24. The summed E-state index contributed by atoms with van der Waals surface area (Å²) < 4.78 is 5.14. The number of ether oxygens (including phenoxy) is 1. The number of methoxy groups -OCH3 is 1. The maximum atomic E-state index is 5.99. The van der Waals surface area contributed by atoms with Gasteiger partial charge < -0.3 is 15.4 Å². The third kappa shape index (κ3) is 3.76. The fraction of sp³-hybridized carbons (Fsp3) is 0.600. The Balaban J connectivity index is 2.04. The fourth-order valence-electron chi connectivity index (χ4n) is 2.63. The first kappa shape index (κ1) is 14.5. The lowest BCUT2D eigenvalue weighted by atomic mass is 10.0. The predicted octanol–water partition coefficient (Wildman–Crippen LogP) is 1.08. The van der Waals surface area contributed by atoms with E-state index in [0.717, 1.165) is 26.2 Å². The number of benzene rings is 1. The summed E-state index contributed by atoms with van der Waals surface area (Å²) in [6, 6.07) is 8.98. The monoisotopic (exact) mass is 263 g/mol. The van der Waals surface area contributed by atoms with Crippen molar-refractivity contribution >= 4 is 0 Å². The van der Waals surface area contributed by atoms with Crippen LogP contribution in [0.25, 0.3) is 0 Å². The van der Waals surface area contributed by atoms with Gasteiger partial charge in [0.25, 0.3) is 0 Å². The summed E-state index contributed by atoms with van der Waals surface area (Å²) in [5.41, 5.74) is 8.51. The first-order valence-electron chi connectivity index (χ1n) is 6.95. The molecule has 0 aromatic heterocycles. The Hall–Kier alpha value is -0.940. The second kappa shape index (κ2) is 7.01. The Bertz CT molecular complexity index is 371. The number of hydrogen-bond donors (Lipinski definition) is 1. The Labute approximate surface area is 116 Å². The maximum absolute atomic E-state index is 5.99. The molecule has 0 saturated carbocycles. The zero-order valence-corrected chi connectivity index (χ0v) is 12.0. The van der Waals surface area contributed by atoms with E-state index in [2.05, 4.69) is 41.1 Å². The normalized spacial score (nSPS) is 19.5. The van der Waals surface area contributed by atoms with Crippen LogP contribution < -0.4 is 5.73 Å². The average molecular weight is 263 g/mol. The van der Waals surface area contributed by atoms with E-state index < -0.39 is 0 Å². The van der Waals surface area contributed by atoms with Gasteiger partial charge in [-0.1, -0.05) is 24.3 Å². The smallest absolute Gasteiger partial charge is 0.0713 e. The van der Waals surface area contributed by atoms with Crippen molar-refractivity contribution in [3.05, 3.63) is 35.4 Å². The highest BCUT2D eigenvalue weighted by atomic mass is 16.5. The summed E-state index contributed by atoms with van der Waals surface area (Å²) in [7, 11) is 3.90. The summed E-state index contributed by atoms with van der Waals surface area (Å²) in [5.74, 6) is 0. The second-order valence-corrected chi connectivity index (χ2v) is 5.27. The number of nitrogens with two attached hydrogens (primary N) is 1. The van der Waals surface area contributed by atoms with Crippen molar-refractivity contribution < 1.29 is 4.74 Å². The standard InChI is InChI=1S/C15H25N3O/c1-17-7-9-18(10-8-17)15(11-16)14-5-3-13(4-6-14)12-19-2/h3-6,15H,7-12,16H2,1-2H3. The van der Waals surface area contributed by atoms with Gasteiger partial charge in [0.05, 0.1) is 6.61 Å². The zero-order valence-electron chi connectivity index (χ0n) is 12.0. The highest BCUT2D eigenvalue weighted by molar-refractivity contribution is 5.25. The number of likely N-dealkylation sites (N-methyl/N-ethyl adjacent to an activating group) is 1.